The van der Waals surface area contributed by atoms with Crippen molar-refractivity contribution in [2.75, 3.05) is 11.5 Å². The molecule has 0 atom stereocenters. The molecule has 196 valence electrons. The fraction of sp³-hybridized carbons (Fsp3) is 0.207. The van der Waals surface area contributed by atoms with E-state index in [2.05, 4.69) is 53.9 Å². The number of barbiturate groups is 1. The Kier molecular flexibility index (Phi) is 8.42. The van der Waals surface area contributed by atoms with Gasteiger partial charge in [0.15, 0.2) is 11.5 Å². The van der Waals surface area contributed by atoms with E-state index in [1.54, 1.807) is 31.2 Å². The van der Waals surface area contributed by atoms with Gasteiger partial charge in [0.1, 0.15) is 12.2 Å². The van der Waals surface area contributed by atoms with E-state index in [0.717, 1.165) is 14.0 Å². The Hall–Kier alpha value is -3.37. The van der Waals surface area contributed by atoms with Crippen LogP contribution in [0.3, 0.4) is 0 Å². The van der Waals surface area contributed by atoms with Crippen molar-refractivity contribution in [2.45, 2.75) is 34.3 Å². The molecule has 1 saturated heterocycles. The summed E-state index contributed by atoms with van der Waals surface area (Å²) in [5.41, 5.74) is 4.75. The zero-order valence-corrected chi connectivity index (χ0v) is 24.3. The average Bonchev–Trinajstić information content (AvgIpc) is 2.85. The van der Waals surface area contributed by atoms with Crippen molar-refractivity contribution in [1.82, 2.24) is 5.32 Å². The predicted octanol–water partition coefficient (Wildman–Crippen LogP) is 6.51. The minimum Gasteiger partial charge on any atom is -0.490 e. The van der Waals surface area contributed by atoms with Gasteiger partial charge in [0.2, 0.25) is 0 Å². The van der Waals surface area contributed by atoms with Gasteiger partial charge in [-0.25, -0.2) is 9.69 Å². The van der Waals surface area contributed by atoms with Crippen LogP contribution in [-0.2, 0) is 16.2 Å². The number of urea groups is 1. The smallest absolute Gasteiger partial charge is 0.335 e. The highest BCUT2D eigenvalue weighted by Crippen LogP contribution is 2.36. The summed E-state index contributed by atoms with van der Waals surface area (Å²) in [6, 6.07) is 13.7. The van der Waals surface area contributed by atoms with E-state index in [1.165, 1.54) is 23.3 Å². The minimum absolute atomic E-state index is 0.189. The van der Waals surface area contributed by atoms with E-state index in [4.69, 9.17) is 21.1 Å². The topological polar surface area (TPSA) is 84.9 Å². The van der Waals surface area contributed by atoms with E-state index in [1.807, 2.05) is 13.0 Å². The summed E-state index contributed by atoms with van der Waals surface area (Å²) in [6.45, 7) is 8.48. The maximum absolute atomic E-state index is 13.4. The van der Waals surface area contributed by atoms with E-state index >= 15 is 0 Å². The molecule has 3 aromatic rings. The van der Waals surface area contributed by atoms with Crippen LogP contribution in [0.2, 0.25) is 5.02 Å². The summed E-state index contributed by atoms with van der Waals surface area (Å²) < 4.78 is 12.7. The molecule has 0 aromatic heterocycles. The molecular weight excluding hydrogens is 619 g/mol. The number of benzene rings is 3. The highest BCUT2D eigenvalue weighted by molar-refractivity contribution is 14.1. The number of hydrogen-bond acceptors (Lipinski definition) is 5. The summed E-state index contributed by atoms with van der Waals surface area (Å²) in [7, 11) is 0. The van der Waals surface area contributed by atoms with Gasteiger partial charge in [-0.05, 0) is 108 Å². The van der Waals surface area contributed by atoms with E-state index < -0.39 is 17.8 Å². The minimum atomic E-state index is -0.831. The second kappa shape index (κ2) is 11.6. The molecule has 38 heavy (non-hydrogen) atoms. The number of carbonyl (C=O) groups excluding carboxylic acids is 3. The number of hydrogen-bond donors (Lipinski definition) is 1. The van der Waals surface area contributed by atoms with Crippen molar-refractivity contribution < 1.29 is 23.9 Å². The predicted molar refractivity (Wildman–Crippen MR) is 156 cm³/mol. The number of ether oxygens (including phenoxy) is 2. The van der Waals surface area contributed by atoms with Gasteiger partial charge in [0.05, 0.1) is 15.9 Å². The van der Waals surface area contributed by atoms with Crippen LogP contribution in [0.5, 0.6) is 11.5 Å². The molecule has 0 saturated carbocycles. The molecule has 0 unspecified atom stereocenters. The molecule has 0 bridgehead atoms. The van der Waals surface area contributed by atoms with Crippen LogP contribution in [0, 0.1) is 24.3 Å². The quantitative estimate of drug-likeness (QED) is 0.180. The van der Waals surface area contributed by atoms with Crippen LogP contribution in [0.25, 0.3) is 6.08 Å². The number of nitrogens with zero attached hydrogens (tertiary/aromatic N) is 1. The fourth-order valence-corrected chi connectivity index (χ4v) is 4.94. The van der Waals surface area contributed by atoms with Crippen LogP contribution < -0.4 is 19.7 Å². The second-order valence-electron chi connectivity index (χ2n) is 8.86. The van der Waals surface area contributed by atoms with Crippen molar-refractivity contribution in [1.29, 1.82) is 0 Å². The molecule has 0 radical (unpaired) electrons. The molecule has 3 aromatic carbocycles. The lowest BCUT2D eigenvalue weighted by Crippen LogP contribution is -2.54. The Morgan fingerprint density at radius 1 is 0.947 bits per heavy atom. The Morgan fingerprint density at radius 2 is 1.68 bits per heavy atom. The van der Waals surface area contributed by atoms with Gasteiger partial charge in [-0.2, -0.15) is 0 Å². The Balaban J connectivity index is 1.67. The van der Waals surface area contributed by atoms with Gasteiger partial charge < -0.3 is 9.47 Å². The van der Waals surface area contributed by atoms with Gasteiger partial charge in [-0.1, -0.05) is 35.9 Å². The molecule has 0 spiro atoms. The Morgan fingerprint density at radius 3 is 2.39 bits per heavy atom. The monoisotopic (exact) mass is 644 g/mol. The van der Waals surface area contributed by atoms with Gasteiger partial charge in [0.25, 0.3) is 11.8 Å². The number of rotatable bonds is 7. The molecule has 7 nitrogen and oxygen atoms in total. The Labute approximate surface area is 239 Å². The van der Waals surface area contributed by atoms with Crippen molar-refractivity contribution in [3.05, 3.63) is 90.5 Å². The molecule has 4 rings (SSSR count). The molecule has 0 aliphatic carbocycles. The maximum atomic E-state index is 13.4. The number of carbonyl (C=O) groups is 3. The van der Waals surface area contributed by atoms with Gasteiger partial charge in [-0.3, -0.25) is 14.9 Å². The average molecular weight is 645 g/mol. The maximum Gasteiger partial charge on any atom is 0.335 e. The van der Waals surface area contributed by atoms with Crippen molar-refractivity contribution >= 4 is 63.8 Å². The third kappa shape index (κ3) is 5.86. The summed E-state index contributed by atoms with van der Waals surface area (Å²) in [5.74, 6) is -0.470. The number of nitrogens with one attached hydrogen (secondary N) is 1. The van der Waals surface area contributed by atoms with E-state index in [-0.39, 0.29) is 5.57 Å². The van der Waals surface area contributed by atoms with Gasteiger partial charge >= 0.3 is 6.03 Å². The highest BCUT2D eigenvalue weighted by Gasteiger charge is 2.37. The zero-order chi connectivity index (χ0) is 27.6. The van der Waals surface area contributed by atoms with Crippen LogP contribution in [0.1, 0.15) is 34.7 Å². The lowest BCUT2D eigenvalue weighted by molar-refractivity contribution is -0.122. The molecule has 1 N–H and O–H groups in total. The molecular formula is C29H26ClIN2O5. The SMILES string of the molecule is CCOc1cc(/C=C2\C(=O)NC(=O)N(c3cc(Cl)ccc3C)C2=O)cc(I)c1OCc1ccc(C)c(C)c1. The van der Waals surface area contributed by atoms with Gasteiger partial charge in [-0.15, -0.1) is 0 Å². The second-order valence-corrected chi connectivity index (χ2v) is 10.5. The fourth-order valence-electron chi connectivity index (χ4n) is 3.99. The first-order valence-electron chi connectivity index (χ1n) is 11.9. The number of amides is 4. The van der Waals surface area contributed by atoms with Crippen LogP contribution >= 0.6 is 34.2 Å². The number of imide groups is 2. The van der Waals surface area contributed by atoms with Crippen LogP contribution in [0.15, 0.2) is 54.1 Å². The normalized spacial score (nSPS) is 14.6. The van der Waals surface area contributed by atoms with Crippen molar-refractivity contribution in [3.8, 4) is 11.5 Å². The lowest BCUT2D eigenvalue weighted by atomic mass is 10.1. The summed E-state index contributed by atoms with van der Waals surface area (Å²) in [6.07, 6.45) is 1.44. The van der Waals surface area contributed by atoms with E-state index in [9.17, 15) is 14.4 Å². The molecule has 4 amide bonds. The molecule has 1 aliphatic heterocycles. The molecule has 1 aliphatic rings. The summed E-state index contributed by atoms with van der Waals surface area (Å²) in [5, 5.41) is 2.61. The first kappa shape index (κ1) is 27.7. The standard InChI is InChI=1S/C29H26ClIN2O5/c1-5-37-25-13-20(12-23(31)26(25)38-15-19-8-6-16(2)18(4)10-19)11-22-27(34)32-29(36)33(28(22)35)24-14-21(30)9-7-17(24)3/h6-14H,5,15H2,1-4H3,(H,32,34,36)/b22-11+. The van der Waals surface area contributed by atoms with E-state index in [0.29, 0.717) is 46.5 Å². The third-order valence-electron chi connectivity index (χ3n) is 6.11. The molecule has 9 heteroatoms. The van der Waals surface area contributed by atoms with Crippen molar-refractivity contribution in [3.63, 3.8) is 0 Å². The largest absolute Gasteiger partial charge is 0.490 e. The number of anilines is 1. The van der Waals surface area contributed by atoms with Crippen LogP contribution in [-0.4, -0.2) is 24.5 Å². The van der Waals surface area contributed by atoms with Gasteiger partial charge in [0, 0.05) is 5.02 Å². The Bertz CT molecular complexity index is 1480. The molecule has 1 heterocycles. The van der Waals surface area contributed by atoms with Crippen LogP contribution in [0.4, 0.5) is 10.5 Å². The first-order chi connectivity index (χ1) is 18.1. The third-order valence-corrected chi connectivity index (χ3v) is 7.15. The summed E-state index contributed by atoms with van der Waals surface area (Å²) >= 11 is 8.24. The molecule has 1 fully saturated rings. The number of halogens is 2. The number of aryl methyl sites for hydroxylation is 3. The zero-order valence-electron chi connectivity index (χ0n) is 21.4. The highest BCUT2D eigenvalue weighted by atomic mass is 127. The van der Waals surface area contributed by atoms with Crippen molar-refractivity contribution in [2.24, 2.45) is 0 Å². The lowest BCUT2D eigenvalue weighted by Gasteiger charge is -2.27. The first-order valence-corrected chi connectivity index (χ1v) is 13.4. The summed E-state index contributed by atoms with van der Waals surface area (Å²) in [4.78, 5) is 39.6.